The lowest BCUT2D eigenvalue weighted by Gasteiger charge is -2.26. The number of hydrogen-bond donors (Lipinski definition) is 2. The Morgan fingerprint density at radius 2 is 2.24 bits per heavy atom. The summed E-state index contributed by atoms with van der Waals surface area (Å²) in [5.74, 6) is 0.586. The average Bonchev–Trinajstić information content (AvgIpc) is 3.31. The molecule has 1 atom stereocenters. The number of phenols is 1. The summed E-state index contributed by atoms with van der Waals surface area (Å²) in [6, 6.07) is 10.1. The molecular formula is C18H17N3O4. The Morgan fingerprint density at radius 3 is 2.96 bits per heavy atom. The molecule has 128 valence electrons. The normalized spacial score (nSPS) is 16.4. The van der Waals surface area contributed by atoms with Crippen LogP contribution in [0.4, 0.5) is 0 Å². The molecule has 0 spiro atoms. The summed E-state index contributed by atoms with van der Waals surface area (Å²) in [5, 5.41) is 17.0. The predicted molar refractivity (Wildman–Crippen MR) is 89.2 cm³/mol. The van der Waals surface area contributed by atoms with E-state index in [0.29, 0.717) is 30.3 Å². The minimum atomic E-state index is -0.372. The van der Waals surface area contributed by atoms with Crippen molar-refractivity contribution in [2.75, 3.05) is 20.3 Å². The highest BCUT2D eigenvalue weighted by Gasteiger charge is 2.42. The highest BCUT2D eigenvalue weighted by Crippen LogP contribution is 2.43. The number of furan rings is 1. The van der Waals surface area contributed by atoms with Crippen LogP contribution in [0.15, 0.2) is 47.1 Å². The smallest absolute Gasteiger partial charge is 0.275 e. The Morgan fingerprint density at radius 1 is 1.36 bits per heavy atom. The van der Waals surface area contributed by atoms with Crippen LogP contribution in [0.2, 0.25) is 0 Å². The molecule has 2 aromatic heterocycles. The Balaban J connectivity index is 1.86. The van der Waals surface area contributed by atoms with Gasteiger partial charge in [0.2, 0.25) is 0 Å². The molecule has 1 aromatic carbocycles. The molecule has 1 aliphatic heterocycles. The molecule has 0 fully saturated rings. The molecule has 0 unspecified atom stereocenters. The molecule has 4 rings (SSSR count). The lowest BCUT2D eigenvalue weighted by molar-refractivity contribution is 0.0677. The number of rotatable bonds is 5. The number of fused-ring (bicyclic) bond motifs is 1. The largest absolute Gasteiger partial charge is 0.508 e. The van der Waals surface area contributed by atoms with Gasteiger partial charge in [0.15, 0.2) is 11.5 Å². The Bertz CT molecular complexity index is 901. The van der Waals surface area contributed by atoms with Crippen LogP contribution in [0.3, 0.4) is 0 Å². The van der Waals surface area contributed by atoms with E-state index in [2.05, 4.69) is 10.2 Å². The van der Waals surface area contributed by atoms with Gasteiger partial charge in [-0.15, -0.1) is 0 Å². The van der Waals surface area contributed by atoms with Crippen LogP contribution in [0, 0.1) is 0 Å². The lowest BCUT2D eigenvalue weighted by atomic mass is 9.98. The van der Waals surface area contributed by atoms with Crippen LogP contribution >= 0.6 is 0 Å². The Kier molecular flexibility index (Phi) is 3.77. The van der Waals surface area contributed by atoms with Crippen LogP contribution in [0.1, 0.15) is 27.7 Å². The number of nitrogens with one attached hydrogen (secondary N) is 1. The van der Waals surface area contributed by atoms with E-state index in [4.69, 9.17) is 9.15 Å². The van der Waals surface area contributed by atoms with Gasteiger partial charge in [0.1, 0.15) is 11.4 Å². The first-order chi connectivity index (χ1) is 12.2. The molecule has 7 nitrogen and oxygen atoms in total. The fourth-order valence-corrected chi connectivity index (χ4v) is 3.26. The molecule has 2 N–H and O–H groups in total. The number of methoxy groups -OCH3 is 1. The number of nitrogens with zero attached hydrogens (tertiary/aromatic N) is 2. The fourth-order valence-electron chi connectivity index (χ4n) is 3.26. The lowest BCUT2D eigenvalue weighted by Crippen LogP contribution is -2.32. The quantitative estimate of drug-likeness (QED) is 0.745. The number of aromatic nitrogens is 2. The zero-order valence-corrected chi connectivity index (χ0v) is 13.6. The molecule has 0 radical (unpaired) electrons. The third-order valence-corrected chi connectivity index (χ3v) is 4.34. The highest BCUT2D eigenvalue weighted by atomic mass is 16.5. The number of H-pyrrole nitrogens is 1. The number of hydrogen-bond acceptors (Lipinski definition) is 5. The molecule has 1 amide bonds. The summed E-state index contributed by atoms with van der Waals surface area (Å²) in [5.41, 5.74) is 2.59. The Hall–Kier alpha value is -3.06. The zero-order chi connectivity index (χ0) is 17.4. The molecule has 0 saturated heterocycles. The van der Waals surface area contributed by atoms with Crippen molar-refractivity contribution in [2.24, 2.45) is 0 Å². The molecule has 7 heteroatoms. The number of carbonyl (C=O) groups is 1. The van der Waals surface area contributed by atoms with E-state index in [1.165, 1.54) is 0 Å². The number of ether oxygens (including phenoxy) is 1. The van der Waals surface area contributed by atoms with Gasteiger partial charge in [-0.25, -0.2) is 0 Å². The summed E-state index contributed by atoms with van der Waals surface area (Å²) < 4.78 is 10.6. The average molecular weight is 339 g/mol. The Labute approximate surface area is 143 Å². The van der Waals surface area contributed by atoms with E-state index in [-0.39, 0.29) is 17.7 Å². The van der Waals surface area contributed by atoms with Gasteiger partial charge in [0.05, 0.1) is 18.9 Å². The topological polar surface area (TPSA) is 91.6 Å². The summed E-state index contributed by atoms with van der Waals surface area (Å²) >= 11 is 0. The molecule has 0 aliphatic carbocycles. The van der Waals surface area contributed by atoms with Crippen molar-refractivity contribution in [1.29, 1.82) is 0 Å². The second-order valence-corrected chi connectivity index (χ2v) is 5.83. The van der Waals surface area contributed by atoms with E-state index >= 15 is 0 Å². The van der Waals surface area contributed by atoms with E-state index in [0.717, 1.165) is 11.1 Å². The second kappa shape index (κ2) is 6.10. The monoisotopic (exact) mass is 339 g/mol. The van der Waals surface area contributed by atoms with Gasteiger partial charge in [-0.1, -0.05) is 12.1 Å². The van der Waals surface area contributed by atoms with Gasteiger partial charge in [-0.05, 0) is 29.8 Å². The minimum Gasteiger partial charge on any atom is -0.508 e. The van der Waals surface area contributed by atoms with Gasteiger partial charge >= 0.3 is 0 Å². The van der Waals surface area contributed by atoms with Crippen molar-refractivity contribution in [2.45, 2.75) is 6.04 Å². The van der Waals surface area contributed by atoms with Crippen molar-refractivity contribution in [1.82, 2.24) is 15.1 Å². The minimum absolute atomic E-state index is 0.146. The maximum atomic E-state index is 12.8. The summed E-state index contributed by atoms with van der Waals surface area (Å²) in [7, 11) is 1.59. The van der Waals surface area contributed by atoms with Crippen LogP contribution < -0.4 is 0 Å². The number of benzene rings is 1. The van der Waals surface area contributed by atoms with E-state index in [1.54, 1.807) is 42.5 Å². The predicted octanol–water partition coefficient (Wildman–Crippen LogP) is 2.57. The third-order valence-electron chi connectivity index (χ3n) is 4.34. The number of amides is 1. The van der Waals surface area contributed by atoms with Crippen molar-refractivity contribution in [3.05, 3.63) is 59.5 Å². The molecule has 3 aromatic rings. The van der Waals surface area contributed by atoms with Crippen LogP contribution in [0.25, 0.3) is 11.5 Å². The maximum absolute atomic E-state index is 12.8. The van der Waals surface area contributed by atoms with Gasteiger partial charge in [0, 0.05) is 19.2 Å². The third kappa shape index (κ3) is 2.49. The molecular weight excluding hydrogens is 322 g/mol. The molecule has 1 aliphatic rings. The number of aromatic amines is 1. The van der Waals surface area contributed by atoms with Gasteiger partial charge < -0.3 is 19.2 Å². The summed E-state index contributed by atoms with van der Waals surface area (Å²) in [4.78, 5) is 14.6. The number of phenolic OH excluding ortho intramolecular Hbond substituents is 1. The highest BCUT2D eigenvalue weighted by molar-refractivity contribution is 6.00. The maximum Gasteiger partial charge on any atom is 0.275 e. The first-order valence-corrected chi connectivity index (χ1v) is 7.91. The number of aromatic hydroxyl groups is 1. The van der Waals surface area contributed by atoms with Crippen LogP contribution in [-0.4, -0.2) is 46.4 Å². The first-order valence-electron chi connectivity index (χ1n) is 7.91. The van der Waals surface area contributed by atoms with Gasteiger partial charge in [-0.2, -0.15) is 5.10 Å². The molecule has 25 heavy (non-hydrogen) atoms. The van der Waals surface area contributed by atoms with Crippen LogP contribution in [0.5, 0.6) is 5.75 Å². The standard InChI is InChI=1S/C18H17N3O4/c1-24-9-7-21-17(11-4-2-5-12(22)10-11)14-15(13-6-3-8-25-13)19-20-16(14)18(21)23/h2-6,8,10,17,22H,7,9H2,1H3,(H,19,20)/t17-/m1/s1. The van der Waals surface area contributed by atoms with Crippen molar-refractivity contribution >= 4 is 5.91 Å². The van der Waals surface area contributed by atoms with Crippen LogP contribution in [-0.2, 0) is 4.74 Å². The van der Waals surface area contributed by atoms with Crippen molar-refractivity contribution in [3.63, 3.8) is 0 Å². The summed E-state index contributed by atoms with van der Waals surface area (Å²) in [6.07, 6.45) is 1.57. The van der Waals surface area contributed by atoms with E-state index in [9.17, 15) is 9.90 Å². The fraction of sp³-hybridized carbons (Fsp3) is 0.222. The van der Waals surface area contributed by atoms with Crippen molar-refractivity contribution < 1.29 is 19.1 Å². The number of carbonyl (C=O) groups excluding carboxylic acids is 1. The van der Waals surface area contributed by atoms with E-state index in [1.807, 2.05) is 12.1 Å². The SMILES string of the molecule is COCCN1C(=O)c2n[nH]c(-c3ccco3)c2[C@H]1c1cccc(O)c1. The van der Waals surface area contributed by atoms with Gasteiger partial charge in [-0.3, -0.25) is 9.89 Å². The zero-order valence-electron chi connectivity index (χ0n) is 13.6. The second-order valence-electron chi connectivity index (χ2n) is 5.83. The van der Waals surface area contributed by atoms with E-state index < -0.39 is 0 Å². The summed E-state index contributed by atoms with van der Waals surface area (Å²) in [6.45, 7) is 0.828. The first kappa shape index (κ1) is 15.5. The van der Waals surface area contributed by atoms with Gasteiger partial charge in [0.25, 0.3) is 5.91 Å². The molecule has 3 heterocycles. The van der Waals surface area contributed by atoms with Crippen molar-refractivity contribution in [3.8, 4) is 17.2 Å². The molecule has 0 bridgehead atoms. The molecule has 0 saturated carbocycles.